The highest BCUT2D eigenvalue weighted by atomic mass is 16.6. The van der Waals surface area contributed by atoms with Gasteiger partial charge in [-0.05, 0) is 37.5 Å². The summed E-state index contributed by atoms with van der Waals surface area (Å²) in [7, 11) is 2.92. The third-order valence-corrected chi connectivity index (χ3v) is 3.24. The molecule has 1 unspecified atom stereocenters. The van der Waals surface area contributed by atoms with E-state index < -0.39 is 12.1 Å². The minimum absolute atomic E-state index is 0.409. The van der Waals surface area contributed by atoms with Crippen molar-refractivity contribution in [3.8, 4) is 11.5 Å². The number of hydrogen-bond acceptors (Lipinski definition) is 5. The Bertz CT molecular complexity index is 471. The lowest BCUT2D eigenvalue weighted by Gasteiger charge is -2.16. The number of hydrogen-bond donors (Lipinski definition) is 1. The van der Waals surface area contributed by atoms with Gasteiger partial charge in [-0.3, -0.25) is 0 Å². The summed E-state index contributed by atoms with van der Waals surface area (Å²) in [4.78, 5) is 11.4. The highest BCUT2D eigenvalue weighted by Gasteiger charge is 2.21. The van der Waals surface area contributed by atoms with Crippen LogP contribution in [-0.2, 0) is 16.1 Å². The van der Waals surface area contributed by atoms with Crippen molar-refractivity contribution in [3.05, 3.63) is 23.8 Å². The molecular weight excluding hydrogens is 258 g/mol. The van der Waals surface area contributed by atoms with Gasteiger partial charge in [0.15, 0.2) is 17.6 Å². The van der Waals surface area contributed by atoms with E-state index in [9.17, 15) is 4.79 Å². The van der Waals surface area contributed by atoms with E-state index in [2.05, 4.69) is 10.1 Å². The topological polar surface area (TPSA) is 56.8 Å². The van der Waals surface area contributed by atoms with Crippen molar-refractivity contribution >= 4 is 5.97 Å². The first-order valence-electron chi connectivity index (χ1n) is 6.79. The fourth-order valence-electron chi connectivity index (χ4n) is 1.88. The molecule has 2 rings (SSSR count). The lowest BCUT2D eigenvalue weighted by molar-refractivity contribution is -0.147. The van der Waals surface area contributed by atoms with E-state index in [1.807, 2.05) is 18.2 Å². The molecule has 1 saturated carbocycles. The molecule has 110 valence electrons. The third kappa shape index (κ3) is 3.87. The summed E-state index contributed by atoms with van der Waals surface area (Å²) in [6.07, 6.45) is 1.83. The summed E-state index contributed by atoms with van der Waals surface area (Å²) >= 11 is 0. The molecule has 1 fully saturated rings. The second-order valence-corrected chi connectivity index (χ2v) is 4.92. The molecule has 0 aliphatic heterocycles. The Labute approximate surface area is 119 Å². The highest BCUT2D eigenvalue weighted by molar-refractivity contribution is 5.74. The molecule has 5 nitrogen and oxygen atoms in total. The highest BCUT2D eigenvalue weighted by Crippen LogP contribution is 2.29. The van der Waals surface area contributed by atoms with E-state index in [1.165, 1.54) is 20.0 Å². The molecule has 0 aromatic heterocycles. The standard InChI is InChI=1S/C15H21NO4/c1-10(15(17)19-3)20-14-8-11(4-7-13(14)18-2)9-16-12-5-6-12/h4,7-8,10,12,16H,5-6,9H2,1-3H3. The Morgan fingerprint density at radius 1 is 1.35 bits per heavy atom. The van der Waals surface area contributed by atoms with Crippen molar-refractivity contribution in [1.82, 2.24) is 5.32 Å². The molecule has 1 atom stereocenters. The molecule has 20 heavy (non-hydrogen) atoms. The molecule has 1 aliphatic carbocycles. The Balaban J connectivity index is 2.06. The van der Waals surface area contributed by atoms with Gasteiger partial charge in [-0.25, -0.2) is 4.79 Å². The number of carbonyl (C=O) groups excluding carboxylic acids is 1. The maximum Gasteiger partial charge on any atom is 0.346 e. The summed E-state index contributed by atoms with van der Waals surface area (Å²) in [5.41, 5.74) is 1.10. The second-order valence-electron chi connectivity index (χ2n) is 4.92. The molecule has 0 bridgehead atoms. The summed E-state index contributed by atoms with van der Waals surface area (Å²) in [6.45, 7) is 2.44. The maximum absolute atomic E-state index is 11.4. The van der Waals surface area contributed by atoms with E-state index in [0.29, 0.717) is 17.5 Å². The van der Waals surface area contributed by atoms with E-state index in [4.69, 9.17) is 9.47 Å². The van der Waals surface area contributed by atoms with Crippen molar-refractivity contribution in [2.24, 2.45) is 0 Å². The van der Waals surface area contributed by atoms with Crippen LogP contribution in [0.4, 0.5) is 0 Å². The van der Waals surface area contributed by atoms with Crippen LogP contribution >= 0.6 is 0 Å². The number of methoxy groups -OCH3 is 2. The van der Waals surface area contributed by atoms with Crippen LogP contribution in [0.1, 0.15) is 25.3 Å². The van der Waals surface area contributed by atoms with Gasteiger partial charge < -0.3 is 19.5 Å². The molecule has 1 aromatic rings. The number of ether oxygens (including phenoxy) is 3. The van der Waals surface area contributed by atoms with Crippen molar-refractivity contribution in [3.63, 3.8) is 0 Å². The number of benzene rings is 1. The number of esters is 1. The molecule has 0 amide bonds. The van der Waals surface area contributed by atoms with Crippen molar-refractivity contribution in [2.45, 2.75) is 38.5 Å². The molecule has 0 heterocycles. The molecular formula is C15H21NO4. The first-order valence-corrected chi connectivity index (χ1v) is 6.79. The normalized spacial score (nSPS) is 15.6. The predicted molar refractivity (Wildman–Crippen MR) is 75.0 cm³/mol. The first-order chi connectivity index (χ1) is 9.63. The quantitative estimate of drug-likeness (QED) is 0.772. The molecule has 0 spiro atoms. The SMILES string of the molecule is COC(=O)C(C)Oc1cc(CNC2CC2)ccc1OC. The predicted octanol–water partition coefficient (Wildman–Crippen LogP) is 1.89. The van der Waals surface area contributed by atoms with E-state index in [1.54, 1.807) is 14.0 Å². The van der Waals surface area contributed by atoms with Gasteiger partial charge >= 0.3 is 5.97 Å². The average molecular weight is 279 g/mol. The zero-order valence-corrected chi connectivity index (χ0v) is 12.1. The van der Waals surface area contributed by atoms with Crippen LogP contribution < -0.4 is 14.8 Å². The molecule has 0 saturated heterocycles. The monoisotopic (exact) mass is 279 g/mol. The lowest BCUT2D eigenvalue weighted by atomic mass is 10.2. The molecule has 5 heteroatoms. The zero-order chi connectivity index (χ0) is 14.5. The van der Waals surface area contributed by atoms with Gasteiger partial charge in [-0.1, -0.05) is 6.07 Å². The fourth-order valence-corrected chi connectivity index (χ4v) is 1.88. The third-order valence-electron chi connectivity index (χ3n) is 3.24. The van der Waals surface area contributed by atoms with Crippen LogP contribution in [0.3, 0.4) is 0 Å². The van der Waals surface area contributed by atoms with Gasteiger partial charge in [0.2, 0.25) is 0 Å². The Morgan fingerprint density at radius 2 is 2.10 bits per heavy atom. The summed E-state index contributed by atoms with van der Waals surface area (Å²) in [5.74, 6) is 0.755. The largest absolute Gasteiger partial charge is 0.493 e. The summed E-state index contributed by atoms with van der Waals surface area (Å²) in [5, 5.41) is 3.44. The van der Waals surface area contributed by atoms with Gasteiger partial charge in [0.1, 0.15) is 0 Å². The van der Waals surface area contributed by atoms with Gasteiger partial charge in [-0.15, -0.1) is 0 Å². The Morgan fingerprint density at radius 3 is 2.70 bits per heavy atom. The van der Waals surface area contributed by atoms with Gasteiger partial charge in [0.05, 0.1) is 14.2 Å². The van der Waals surface area contributed by atoms with Gasteiger partial charge in [0, 0.05) is 12.6 Å². The number of carbonyl (C=O) groups is 1. The van der Waals surface area contributed by atoms with Crippen molar-refractivity contribution in [2.75, 3.05) is 14.2 Å². The fraction of sp³-hybridized carbons (Fsp3) is 0.533. The smallest absolute Gasteiger partial charge is 0.346 e. The van der Waals surface area contributed by atoms with Crippen LogP contribution in [0.15, 0.2) is 18.2 Å². The average Bonchev–Trinajstić information content (AvgIpc) is 3.28. The Kier molecular flexibility index (Phi) is 4.84. The minimum Gasteiger partial charge on any atom is -0.493 e. The van der Waals surface area contributed by atoms with Gasteiger partial charge in [-0.2, -0.15) is 0 Å². The molecule has 1 aliphatic rings. The molecule has 1 aromatic carbocycles. The Hall–Kier alpha value is -1.75. The zero-order valence-electron chi connectivity index (χ0n) is 12.1. The number of nitrogens with one attached hydrogen (secondary N) is 1. The summed E-state index contributed by atoms with van der Waals surface area (Å²) in [6, 6.07) is 6.39. The van der Waals surface area contributed by atoms with Crippen molar-refractivity contribution < 1.29 is 19.0 Å². The lowest BCUT2D eigenvalue weighted by Crippen LogP contribution is -2.25. The first kappa shape index (κ1) is 14.7. The van der Waals surface area contributed by atoms with E-state index >= 15 is 0 Å². The molecule has 0 radical (unpaired) electrons. The van der Waals surface area contributed by atoms with Crippen LogP contribution in [0.5, 0.6) is 11.5 Å². The van der Waals surface area contributed by atoms with Crippen molar-refractivity contribution in [1.29, 1.82) is 0 Å². The van der Waals surface area contributed by atoms with Crippen LogP contribution in [0, 0.1) is 0 Å². The van der Waals surface area contributed by atoms with E-state index in [-0.39, 0.29) is 0 Å². The minimum atomic E-state index is -0.666. The van der Waals surface area contributed by atoms with Crippen LogP contribution in [0.25, 0.3) is 0 Å². The van der Waals surface area contributed by atoms with Crippen LogP contribution in [0.2, 0.25) is 0 Å². The molecule has 1 N–H and O–H groups in total. The second kappa shape index (κ2) is 6.61. The van der Waals surface area contributed by atoms with Gasteiger partial charge in [0.25, 0.3) is 0 Å². The summed E-state index contributed by atoms with van der Waals surface area (Å²) < 4.78 is 15.5. The van der Waals surface area contributed by atoms with E-state index in [0.717, 1.165) is 12.1 Å². The number of rotatable bonds is 7. The van der Waals surface area contributed by atoms with Crippen LogP contribution in [-0.4, -0.2) is 32.3 Å². The maximum atomic E-state index is 11.4.